The van der Waals surface area contributed by atoms with Gasteiger partial charge >= 0.3 is 0 Å². The summed E-state index contributed by atoms with van der Waals surface area (Å²) in [5.41, 5.74) is 4.20. The molecular weight excluding hydrogens is 286 g/mol. The van der Waals surface area contributed by atoms with Crippen molar-refractivity contribution in [1.82, 2.24) is 4.98 Å². The molecule has 0 unspecified atom stereocenters. The zero-order chi connectivity index (χ0) is 15.6. The van der Waals surface area contributed by atoms with Crippen LogP contribution in [0.15, 0.2) is 53.3 Å². The van der Waals surface area contributed by atoms with Gasteiger partial charge in [0.1, 0.15) is 12.4 Å². The molecule has 0 bridgehead atoms. The minimum absolute atomic E-state index is 0.0624. The van der Waals surface area contributed by atoms with Gasteiger partial charge in [-0.15, -0.1) is 0 Å². The number of nitrogens with one attached hydrogen (secondary N) is 1. The lowest BCUT2D eigenvalue weighted by Crippen LogP contribution is -2.19. The number of ether oxygens (including phenoxy) is 1. The number of hydrogen-bond acceptors (Lipinski definition) is 2. The van der Waals surface area contributed by atoms with Crippen molar-refractivity contribution >= 4 is 10.9 Å². The fraction of sp³-hybridized carbons (Fsp3) is 0.250. The quantitative estimate of drug-likeness (QED) is 0.795. The summed E-state index contributed by atoms with van der Waals surface area (Å²) in [5, 5.41) is 1.08. The van der Waals surface area contributed by atoms with E-state index in [9.17, 15) is 4.79 Å². The van der Waals surface area contributed by atoms with Gasteiger partial charge in [0, 0.05) is 10.9 Å². The Kier molecular flexibility index (Phi) is 3.62. The second-order valence-corrected chi connectivity index (χ2v) is 6.07. The number of hydrogen-bond donors (Lipinski definition) is 1. The predicted octanol–water partition coefficient (Wildman–Crippen LogP) is 3.99. The zero-order valence-corrected chi connectivity index (χ0v) is 13.0. The smallest absolute Gasteiger partial charge is 0.251 e. The maximum atomic E-state index is 12.3. The summed E-state index contributed by atoms with van der Waals surface area (Å²) in [6, 6.07) is 16.0. The third-order valence-electron chi connectivity index (χ3n) is 4.56. The number of rotatable bonds is 3. The van der Waals surface area contributed by atoms with E-state index in [1.165, 1.54) is 5.56 Å². The summed E-state index contributed by atoms with van der Waals surface area (Å²) in [6.07, 6.45) is 4.06. The van der Waals surface area contributed by atoms with E-state index in [2.05, 4.69) is 17.1 Å². The van der Waals surface area contributed by atoms with Crippen LogP contribution in [0.25, 0.3) is 10.9 Å². The molecule has 1 N–H and O–H groups in total. The first-order chi connectivity index (χ1) is 11.3. The highest BCUT2D eigenvalue weighted by Gasteiger charge is 2.18. The molecule has 116 valence electrons. The largest absolute Gasteiger partial charge is 0.488 e. The van der Waals surface area contributed by atoms with Gasteiger partial charge in [0.05, 0.1) is 5.52 Å². The zero-order valence-electron chi connectivity index (χ0n) is 13.0. The Hall–Kier alpha value is -2.55. The molecule has 0 radical (unpaired) electrons. The van der Waals surface area contributed by atoms with Gasteiger partial charge in [0.25, 0.3) is 5.56 Å². The van der Waals surface area contributed by atoms with E-state index in [4.69, 9.17) is 4.74 Å². The van der Waals surface area contributed by atoms with E-state index in [1.807, 2.05) is 36.4 Å². The number of H-pyrrole nitrogens is 1. The summed E-state index contributed by atoms with van der Waals surface area (Å²) >= 11 is 0. The van der Waals surface area contributed by atoms with Crippen molar-refractivity contribution < 1.29 is 4.74 Å². The van der Waals surface area contributed by atoms with E-state index in [1.54, 1.807) is 0 Å². The average Bonchev–Trinajstić information content (AvgIpc) is 2.61. The molecule has 0 atom stereocenters. The van der Waals surface area contributed by atoms with Gasteiger partial charge in [-0.3, -0.25) is 4.79 Å². The molecule has 3 aromatic rings. The Morgan fingerprint density at radius 1 is 0.913 bits per heavy atom. The van der Waals surface area contributed by atoms with Crippen molar-refractivity contribution in [3.05, 3.63) is 75.6 Å². The minimum Gasteiger partial charge on any atom is -0.488 e. The second-order valence-electron chi connectivity index (χ2n) is 6.07. The second kappa shape index (κ2) is 5.92. The molecule has 4 rings (SSSR count). The first kappa shape index (κ1) is 14.1. The van der Waals surface area contributed by atoms with Crippen LogP contribution in [0, 0.1) is 0 Å². The first-order valence-electron chi connectivity index (χ1n) is 8.16. The molecule has 1 aliphatic rings. The Morgan fingerprint density at radius 2 is 1.70 bits per heavy atom. The standard InChI is InChI=1S/C20H19NO2/c22-20-16-10-5-4-9-15(16)19-17(21-20)11-6-12-18(19)23-13-14-7-2-1-3-8-14/h1-3,6-8,11-12H,4-5,9-10,13H2,(H,21,22). The number of aromatic amines is 1. The molecule has 23 heavy (non-hydrogen) atoms. The maximum Gasteiger partial charge on any atom is 0.251 e. The average molecular weight is 305 g/mol. The summed E-state index contributed by atoms with van der Waals surface area (Å²) in [6.45, 7) is 0.536. The van der Waals surface area contributed by atoms with Gasteiger partial charge in [0.15, 0.2) is 0 Å². The topological polar surface area (TPSA) is 42.1 Å². The lowest BCUT2D eigenvalue weighted by atomic mass is 9.89. The summed E-state index contributed by atoms with van der Waals surface area (Å²) in [5.74, 6) is 0.862. The van der Waals surface area contributed by atoms with Crippen molar-refractivity contribution in [1.29, 1.82) is 0 Å². The highest BCUT2D eigenvalue weighted by molar-refractivity contribution is 5.89. The number of aromatic nitrogens is 1. The molecule has 3 nitrogen and oxygen atoms in total. The monoisotopic (exact) mass is 305 g/mol. The molecule has 1 aromatic heterocycles. The normalized spacial score (nSPS) is 13.7. The molecule has 0 saturated heterocycles. The summed E-state index contributed by atoms with van der Waals surface area (Å²) < 4.78 is 6.09. The van der Waals surface area contributed by atoms with E-state index in [-0.39, 0.29) is 5.56 Å². The number of aryl methyl sites for hydroxylation is 1. The predicted molar refractivity (Wildman–Crippen MR) is 92.0 cm³/mol. The molecule has 1 heterocycles. The minimum atomic E-state index is 0.0624. The van der Waals surface area contributed by atoms with Crippen LogP contribution in [-0.4, -0.2) is 4.98 Å². The van der Waals surface area contributed by atoms with Crippen LogP contribution in [0.1, 0.15) is 29.5 Å². The fourth-order valence-electron chi connectivity index (χ4n) is 3.43. The Bertz CT molecular complexity index is 897. The highest BCUT2D eigenvalue weighted by Crippen LogP contribution is 2.32. The van der Waals surface area contributed by atoms with Gasteiger partial charge in [0.2, 0.25) is 0 Å². The lowest BCUT2D eigenvalue weighted by Gasteiger charge is -2.19. The fourth-order valence-corrected chi connectivity index (χ4v) is 3.43. The molecule has 0 fully saturated rings. The van der Waals surface area contributed by atoms with E-state index in [0.717, 1.165) is 53.5 Å². The van der Waals surface area contributed by atoms with Crippen molar-refractivity contribution in [3.8, 4) is 5.75 Å². The summed E-state index contributed by atoms with van der Waals surface area (Å²) in [4.78, 5) is 15.3. The number of pyridine rings is 1. The van der Waals surface area contributed by atoms with Crippen LogP contribution in [0.3, 0.4) is 0 Å². The van der Waals surface area contributed by atoms with Crippen molar-refractivity contribution in [2.45, 2.75) is 32.3 Å². The lowest BCUT2D eigenvalue weighted by molar-refractivity contribution is 0.310. The van der Waals surface area contributed by atoms with Crippen molar-refractivity contribution in [2.24, 2.45) is 0 Å². The van der Waals surface area contributed by atoms with Crippen LogP contribution >= 0.6 is 0 Å². The van der Waals surface area contributed by atoms with Gasteiger partial charge in [-0.25, -0.2) is 0 Å². The van der Waals surface area contributed by atoms with Crippen molar-refractivity contribution in [2.75, 3.05) is 0 Å². The van der Waals surface area contributed by atoms with Gasteiger partial charge in [-0.2, -0.15) is 0 Å². The van der Waals surface area contributed by atoms with Gasteiger partial charge in [-0.05, 0) is 48.9 Å². The molecule has 3 heteroatoms. The van der Waals surface area contributed by atoms with Crippen LogP contribution < -0.4 is 10.3 Å². The number of fused-ring (bicyclic) bond motifs is 3. The van der Waals surface area contributed by atoms with Crippen LogP contribution in [0.2, 0.25) is 0 Å². The Labute approximate surface area is 134 Å². The molecular formula is C20H19NO2. The van der Waals surface area contributed by atoms with Gasteiger partial charge in [-0.1, -0.05) is 36.4 Å². The van der Waals surface area contributed by atoms with E-state index < -0.39 is 0 Å². The molecule has 0 aliphatic heterocycles. The third-order valence-corrected chi connectivity index (χ3v) is 4.56. The maximum absolute atomic E-state index is 12.3. The van der Waals surface area contributed by atoms with E-state index >= 15 is 0 Å². The Morgan fingerprint density at radius 3 is 2.52 bits per heavy atom. The summed E-state index contributed by atoms with van der Waals surface area (Å²) in [7, 11) is 0. The SMILES string of the molecule is O=c1[nH]c2cccc(OCc3ccccc3)c2c2c1CCCC2. The number of benzene rings is 2. The van der Waals surface area contributed by atoms with Crippen LogP contribution in [0.4, 0.5) is 0 Å². The highest BCUT2D eigenvalue weighted by atomic mass is 16.5. The third kappa shape index (κ3) is 2.63. The van der Waals surface area contributed by atoms with Gasteiger partial charge < -0.3 is 9.72 Å². The Balaban J connectivity index is 1.79. The van der Waals surface area contributed by atoms with Crippen LogP contribution in [-0.2, 0) is 19.4 Å². The van der Waals surface area contributed by atoms with E-state index in [0.29, 0.717) is 6.61 Å². The first-order valence-corrected chi connectivity index (χ1v) is 8.16. The molecule has 2 aromatic carbocycles. The van der Waals surface area contributed by atoms with Crippen LogP contribution in [0.5, 0.6) is 5.75 Å². The molecule has 0 spiro atoms. The molecule has 1 aliphatic carbocycles. The molecule has 0 amide bonds. The molecule has 0 saturated carbocycles. The van der Waals surface area contributed by atoms with Crippen molar-refractivity contribution in [3.63, 3.8) is 0 Å².